The first kappa shape index (κ1) is 19.3. The van der Waals surface area contributed by atoms with E-state index in [4.69, 9.17) is 0 Å². The number of aryl methyl sites for hydroxylation is 1. The van der Waals surface area contributed by atoms with Crippen LogP contribution in [-0.4, -0.2) is 42.5 Å². The van der Waals surface area contributed by atoms with Gasteiger partial charge in [-0.05, 0) is 56.4 Å². The van der Waals surface area contributed by atoms with Crippen molar-refractivity contribution >= 4 is 11.7 Å². The fourth-order valence-electron chi connectivity index (χ4n) is 3.58. The first-order valence-electron chi connectivity index (χ1n) is 9.34. The number of hydrogen-bond acceptors (Lipinski definition) is 3. The molecule has 2 heterocycles. The van der Waals surface area contributed by atoms with E-state index < -0.39 is 11.6 Å². The third-order valence-electron chi connectivity index (χ3n) is 4.98. The van der Waals surface area contributed by atoms with Crippen molar-refractivity contribution in [1.29, 1.82) is 0 Å². The maximum Gasteiger partial charge on any atom is 0.254 e. The number of nitrogens with zero attached hydrogens (tertiary/aromatic N) is 3. The SMILES string of the molecule is CN(C)c1cccc(CC[C@H]2CCCCN2C(=O)c2cc(F)cc(F)c2)n1. The maximum atomic E-state index is 13.5. The Morgan fingerprint density at radius 3 is 2.63 bits per heavy atom. The van der Waals surface area contributed by atoms with Crippen molar-refractivity contribution in [1.82, 2.24) is 9.88 Å². The van der Waals surface area contributed by atoms with Crippen LogP contribution in [0.3, 0.4) is 0 Å². The van der Waals surface area contributed by atoms with Gasteiger partial charge in [0.1, 0.15) is 17.5 Å². The molecule has 0 unspecified atom stereocenters. The summed E-state index contributed by atoms with van der Waals surface area (Å²) in [6.07, 6.45) is 4.41. The second kappa shape index (κ2) is 8.46. The van der Waals surface area contributed by atoms with E-state index in [2.05, 4.69) is 4.98 Å². The number of piperidine rings is 1. The molecule has 144 valence electrons. The molecule has 1 aromatic carbocycles. The number of aromatic nitrogens is 1. The number of anilines is 1. The first-order valence-corrected chi connectivity index (χ1v) is 9.34. The Morgan fingerprint density at radius 1 is 1.19 bits per heavy atom. The van der Waals surface area contributed by atoms with Crippen molar-refractivity contribution in [2.24, 2.45) is 0 Å². The van der Waals surface area contributed by atoms with Gasteiger partial charge in [-0.2, -0.15) is 0 Å². The zero-order valence-electron chi connectivity index (χ0n) is 15.8. The van der Waals surface area contributed by atoms with Gasteiger partial charge in [0, 0.05) is 44.0 Å². The largest absolute Gasteiger partial charge is 0.363 e. The summed E-state index contributed by atoms with van der Waals surface area (Å²) < 4.78 is 27.0. The molecular weight excluding hydrogens is 348 g/mol. The van der Waals surface area contributed by atoms with E-state index in [0.717, 1.165) is 61.8 Å². The van der Waals surface area contributed by atoms with Gasteiger partial charge in [0.25, 0.3) is 5.91 Å². The third kappa shape index (κ3) is 4.81. The maximum absolute atomic E-state index is 13.5. The van der Waals surface area contributed by atoms with Crippen molar-refractivity contribution < 1.29 is 13.6 Å². The molecule has 0 aliphatic carbocycles. The van der Waals surface area contributed by atoms with E-state index in [0.29, 0.717) is 6.54 Å². The summed E-state index contributed by atoms with van der Waals surface area (Å²) in [6.45, 7) is 0.618. The number of halogens is 2. The number of carbonyl (C=O) groups excluding carboxylic acids is 1. The van der Waals surface area contributed by atoms with Crippen LogP contribution in [0.4, 0.5) is 14.6 Å². The van der Waals surface area contributed by atoms with Gasteiger partial charge in [0.15, 0.2) is 0 Å². The summed E-state index contributed by atoms with van der Waals surface area (Å²) in [6, 6.07) is 8.99. The van der Waals surface area contributed by atoms with Gasteiger partial charge in [0.05, 0.1) is 0 Å². The molecule has 1 saturated heterocycles. The molecule has 1 fully saturated rings. The number of likely N-dealkylation sites (tertiary alicyclic amines) is 1. The minimum Gasteiger partial charge on any atom is -0.363 e. The van der Waals surface area contributed by atoms with Crippen molar-refractivity contribution in [3.05, 3.63) is 59.3 Å². The zero-order valence-corrected chi connectivity index (χ0v) is 15.8. The Balaban J connectivity index is 1.71. The lowest BCUT2D eigenvalue weighted by Gasteiger charge is -2.36. The highest BCUT2D eigenvalue weighted by Gasteiger charge is 2.28. The lowest BCUT2D eigenvalue weighted by molar-refractivity contribution is 0.0600. The van der Waals surface area contributed by atoms with Gasteiger partial charge < -0.3 is 9.80 Å². The Labute approximate surface area is 158 Å². The minimum absolute atomic E-state index is 0.0578. The van der Waals surface area contributed by atoms with Crippen LogP contribution < -0.4 is 4.90 Å². The molecule has 1 atom stereocenters. The van der Waals surface area contributed by atoms with E-state index in [9.17, 15) is 13.6 Å². The summed E-state index contributed by atoms with van der Waals surface area (Å²) in [5, 5.41) is 0. The average Bonchev–Trinajstić information content (AvgIpc) is 2.65. The predicted molar refractivity (Wildman–Crippen MR) is 102 cm³/mol. The molecule has 3 rings (SSSR count). The zero-order chi connectivity index (χ0) is 19.4. The topological polar surface area (TPSA) is 36.4 Å². The Kier molecular flexibility index (Phi) is 6.04. The van der Waals surface area contributed by atoms with E-state index in [1.54, 1.807) is 4.90 Å². The molecule has 0 bridgehead atoms. The summed E-state index contributed by atoms with van der Waals surface area (Å²) in [7, 11) is 3.90. The normalized spacial score (nSPS) is 17.0. The van der Waals surface area contributed by atoms with Crippen LogP contribution in [0, 0.1) is 11.6 Å². The minimum atomic E-state index is -0.725. The highest BCUT2D eigenvalue weighted by molar-refractivity contribution is 5.94. The van der Waals surface area contributed by atoms with Gasteiger partial charge in [-0.25, -0.2) is 13.8 Å². The van der Waals surface area contributed by atoms with Crippen LogP contribution in [0.15, 0.2) is 36.4 Å². The fourth-order valence-corrected chi connectivity index (χ4v) is 3.58. The van der Waals surface area contributed by atoms with Crippen LogP contribution in [0.25, 0.3) is 0 Å². The average molecular weight is 373 g/mol. The molecule has 6 heteroatoms. The van der Waals surface area contributed by atoms with E-state index in [1.165, 1.54) is 0 Å². The van der Waals surface area contributed by atoms with Gasteiger partial charge in [-0.3, -0.25) is 4.79 Å². The van der Waals surface area contributed by atoms with Gasteiger partial charge >= 0.3 is 0 Å². The molecule has 1 aromatic heterocycles. The molecule has 1 aliphatic rings. The number of hydrogen-bond donors (Lipinski definition) is 0. The third-order valence-corrected chi connectivity index (χ3v) is 4.98. The quantitative estimate of drug-likeness (QED) is 0.793. The van der Waals surface area contributed by atoms with Crippen molar-refractivity contribution in [2.45, 2.75) is 38.1 Å². The van der Waals surface area contributed by atoms with Crippen LogP contribution in [0.5, 0.6) is 0 Å². The summed E-state index contributed by atoms with van der Waals surface area (Å²) >= 11 is 0. The summed E-state index contributed by atoms with van der Waals surface area (Å²) in [4.78, 5) is 21.2. The molecule has 27 heavy (non-hydrogen) atoms. The number of pyridine rings is 1. The van der Waals surface area contributed by atoms with E-state index in [1.807, 2.05) is 37.2 Å². The van der Waals surface area contributed by atoms with Crippen LogP contribution in [-0.2, 0) is 6.42 Å². The standard InChI is InChI=1S/C21H25F2N3O/c1-25(2)20-8-5-6-18(24-20)9-10-19-7-3-4-11-26(19)21(27)15-12-16(22)14-17(23)13-15/h5-6,8,12-14,19H,3-4,7,9-11H2,1-2H3/t19-/m1/s1. The second-order valence-corrected chi connectivity index (χ2v) is 7.23. The molecule has 1 aliphatic heterocycles. The second-order valence-electron chi connectivity index (χ2n) is 7.23. The van der Waals surface area contributed by atoms with E-state index in [-0.39, 0.29) is 17.5 Å². The number of carbonyl (C=O) groups is 1. The number of rotatable bonds is 5. The van der Waals surface area contributed by atoms with Crippen molar-refractivity contribution in [2.75, 3.05) is 25.5 Å². The van der Waals surface area contributed by atoms with E-state index >= 15 is 0 Å². The van der Waals surface area contributed by atoms with Gasteiger partial charge in [-0.1, -0.05) is 6.07 Å². The molecule has 0 radical (unpaired) electrons. The summed E-state index contributed by atoms with van der Waals surface area (Å²) in [5.74, 6) is -0.847. The Bertz CT molecular complexity index is 790. The molecule has 1 amide bonds. The van der Waals surface area contributed by atoms with Crippen LogP contribution >= 0.6 is 0 Å². The van der Waals surface area contributed by atoms with Crippen LogP contribution in [0.2, 0.25) is 0 Å². The van der Waals surface area contributed by atoms with Gasteiger partial charge in [0.2, 0.25) is 0 Å². The highest BCUT2D eigenvalue weighted by Crippen LogP contribution is 2.24. The van der Waals surface area contributed by atoms with Crippen molar-refractivity contribution in [3.8, 4) is 0 Å². The van der Waals surface area contributed by atoms with Crippen molar-refractivity contribution in [3.63, 3.8) is 0 Å². The smallest absolute Gasteiger partial charge is 0.254 e. The van der Waals surface area contributed by atoms with Gasteiger partial charge in [-0.15, -0.1) is 0 Å². The Hall–Kier alpha value is -2.50. The fraction of sp³-hybridized carbons (Fsp3) is 0.429. The monoisotopic (exact) mass is 373 g/mol. The predicted octanol–water partition coefficient (Wildman–Crippen LogP) is 4.05. The van der Waals surface area contributed by atoms with Crippen LogP contribution in [0.1, 0.15) is 41.7 Å². The number of amides is 1. The molecule has 2 aromatic rings. The highest BCUT2D eigenvalue weighted by atomic mass is 19.1. The molecular formula is C21H25F2N3O. The Morgan fingerprint density at radius 2 is 1.93 bits per heavy atom. The molecule has 0 saturated carbocycles. The first-order chi connectivity index (χ1) is 12.9. The molecule has 0 spiro atoms. The lowest BCUT2D eigenvalue weighted by Crippen LogP contribution is -2.44. The molecule has 4 nitrogen and oxygen atoms in total. The lowest BCUT2D eigenvalue weighted by atomic mass is 9.96. The summed E-state index contributed by atoms with van der Waals surface area (Å²) in [5.41, 5.74) is 1.06. The number of benzene rings is 1. The molecule has 0 N–H and O–H groups in total.